The molecule has 18 heavy (non-hydrogen) atoms. The summed E-state index contributed by atoms with van der Waals surface area (Å²) in [5, 5.41) is 5.27. The van der Waals surface area contributed by atoms with Gasteiger partial charge in [0.25, 0.3) is 0 Å². The van der Waals surface area contributed by atoms with Gasteiger partial charge in [0.2, 0.25) is 0 Å². The molecule has 0 aliphatic rings. The maximum absolute atomic E-state index is 5.93. The molecule has 2 aromatic rings. The van der Waals surface area contributed by atoms with E-state index in [0.29, 0.717) is 0 Å². The molecule has 1 unspecified atom stereocenters. The Morgan fingerprint density at radius 3 is 2.67 bits per heavy atom. The number of nitrogens with zero attached hydrogens (tertiary/aromatic N) is 1. The van der Waals surface area contributed by atoms with Gasteiger partial charge in [0.15, 0.2) is 0 Å². The smallest absolute Gasteiger partial charge is 0.0901 e. The molecule has 2 nitrogen and oxygen atoms in total. The maximum Gasteiger partial charge on any atom is 0.0901 e. The van der Waals surface area contributed by atoms with Crippen LogP contribution in [0.5, 0.6) is 0 Å². The summed E-state index contributed by atoms with van der Waals surface area (Å²) in [5.41, 5.74) is 2.14. The summed E-state index contributed by atoms with van der Waals surface area (Å²) in [6.07, 6.45) is 0. The summed E-state index contributed by atoms with van der Waals surface area (Å²) >= 11 is 11.2. The molecule has 0 saturated heterocycles. The zero-order valence-corrected chi connectivity index (χ0v) is 13.6. The summed E-state index contributed by atoms with van der Waals surface area (Å²) in [7, 11) is 0. The molecule has 0 aliphatic carbocycles. The van der Waals surface area contributed by atoms with Crippen LogP contribution in [0.15, 0.2) is 22.7 Å². The van der Waals surface area contributed by atoms with Gasteiger partial charge in [0.1, 0.15) is 0 Å². The topological polar surface area (TPSA) is 24.9 Å². The third-order valence-electron chi connectivity index (χ3n) is 2.65. The van der Waals surface area contributed by atoms with E-state index >= 15 is 0 Å². The van der Waals surface area contributed by atoms with Crippen LogP contribution in [-0.2, 0) is 0 Å². The third-order valence-corrected chi connectivity index (χ3v) is 4.45. The molecule has 0 radical (unpaired) electrons. The number of hydrogen-bond donors (Lipinski definition) is 1. The SMILES string of the molecule is Cc1nc(C(C)Nc2ccc(Cl)cc2Br)c(C)s1. The normalized spacial score (nSPS) is 12.5. The van der Waals surface area contributed by atoms with Crippen molar-refractivity contribution in [1.82, 2.24) is 4.98 Å². The molecule has 5 heteroatoms. The van der Waals surface area contributed by atoms with Crippen molar-refractivity contribution in [3.05, 3.63) is 43.3 Å². The first-order chi connectivity index (χ1) is 8.47. The van der Waals surface area contributed by atoms with E-state index in [1.54, 1.807) is 11.3 Å². The minimum Gasteiger partial charge on any atom is -0.376 e. The molecule has 1 aromatic carbocycles. The van der Waals surface area contributed by atoms with Gasteiger partial charge in [-0.25, -0.2) is 4.98 Å². The van der Waals surface area contributed by atoms with Crippen molar-refractivity contribution in [2.75, 3.05) is 5.32 Å². The van der Waals surface area contributed by atoms with E-state index in [-0.39, 0.29) is 6.04 Å². The van der Waals surface area contributed by atoms with Gasteiger partial charge in [0, 0.05) is 20.1 Å². The Bertz CT molecular complexity index is 568. The van der Waals surface area contributed by atoms with Crippen LogP contribution in [-0.4, -0.2) is 4.98 Å². The Kier molecular flexibility index (Phi) is 4.30. The second-order valence-electron chi connectivity index (χ2n) is 4.16. The molecule has 0 spiro atoms. The lowest BCUT2D eigenvalue weighted by Crippen LogP contribution is -2.08. The second kappa shape index (κ2) is 5.59. The zero-order valence-electron chi connectivity index (χ0n) is 10.4. The number of benzene rings is 1. The van der Waals surface area contributed by atoms with Crippen molar-refractivity contribution in [3.8, 4) is 0 Å². The summed E-state index contributed by atoms with van der Waals surface area (Å²) in [6, 6.07) is 5.90. The second-order valence-corrected chi connectivity index (χ2v) is 6.86. The fourth-order valence-corrected chi connectivity index (χ4v) is 3.57. The third kappa shape index (κ3) is 3.05. The number of halogens is 2. The number of hydrogen-bond acceptors (Lipinski definition) is 3. The Hall–Kier alpha value is -0.580. The molecular weight excluding hydrogens is 332 g/mol. The van der Waals surface area contributed by atoms with Crippen molar-refractivity contribution in [2.24, 2.45) is 0 Å². The van der Waals surface area contributed by atoms with Crippen LogP contribution in [0, 0.1) is 13.8 Å². The van der Waals surface area contributed by atoms with Gasteiger partial charge in [-0.05, 0) is 54.9 Å². The minimum atomic E-state index is 0.174. The molecule has 96 valence electrons. The van der Waals surface area contributed by atoms with Crippen LogP contribution in [0.2, 0.25) is 5.02 Å². The molecule has 1 atom stereocenters. The van der Waals surface area contributed by atoms with Crippen LogP contribution in [0.4, 0.5) is 5.69 Å². The largest absolute Gasteiger partial charge is 0.376 e. The van der Waals surface area contributed by atoms with E-state index < -0.39 is 0 Å². The number of rotatable bonds is 3. The minimum absolute atomic E-state index is 0.174. The van der Waals surface area contributed by atoms with E-state index in [4.69, 9.17) is 11.6 Å². The molecule has 1 aromatic heterocycles. The highest BCUT2D eigenvalue weighted by atomic mass is 79.9. The van der Waals surface area contributed by atoms with E-state index in [9.17, 15) is 0 Å². The van der Waals surface area contributed by atoms with Crippen molar-refractivity contribution >= 4 is 44.6 Å². The highest BCUT2D eigenvalue weighted by Gasteiger charge is 2.14. The van der Waals surface area contributed by atoms with Gasteiger partial charge in [-0.1, -0.05) is 11.6 Å². The van der Waals surface area contributed by atoms with Crippen LogP contribution in [0.3, 0.4) is 0 Å². The number of nitrogens with one attached hydrogen (secondary N) is 1. The Balaban J connectivity index is 2.21. The molecule has 0 saturated carbocycles. The standard InChI is InChI=1S/C13H14BrClN2S/c1-7(13-8(2)18-9(3)17-13)16-12-5-4-10(15)6-11(12)14/h4-7,16H,1-3H3. The monoisotopic (exact) mass is 344 g/mol. The molecule has 0 fully saturated rings. The van der Waals surface area contributed by atoms with Crippen molar-refractivity contribution in [1.29, 1.82) is 0 Å². The first-order valence-corrected chi connectivity index (χ1v) is 7.61. The Morgan fingerprint density at radius 1 is 1.39 bits per heavy atom. The molecule has 1 heterocycles. The van der Waals surface area contributed by atoms with Gasteiger partial charge in [-0.2, -0.15) is 0 Å². The summed E-state index contributed by atoms with van der Waals surface area (Å²) in [4.78, 5) is 5.83. The number of anilines is 1. The Morgan fingerprint density at radius 2 is 2.11 bits per heavy atom. The lowest BCUT2D eigenvalue weighted by atomic mass is 10.2. The highest BCUT2D eigenvalue weighted by molar-refractivity contribution is 9.10. The summed E-state index contributed by atoms with van der Waals surface area (Å²) in [6.45, 7) is 6.25. The highest BCUT2D eigenvalue weighted by Crippen LogP contribution is 2.30. The molecule has 0 amide bonds. The van der Waals surface area contributed by atoms with Gasteiger partial charge >= 0.3 is 0 Å². The van der Waals surface area contributed by atoms with E-state index in [1.165, 1.54) is 4.88 Å². The van der Waals surface area contributed by atoms with Crippen LogP contribution in [0.25, 0.3) is 0 Å². The van der Waals surface area contributed by atoms with Crippen molar-refractivity contribution < 1.29 is 0 Å². The van der Waals surface area contributed by atoms with Crippen LogP contribution >= 0.6 is 38.9 Å². The molecule has 0 aliphatic heterocycles. The zero-order chi connectivity index (χ0) is 13.3. The number of aryl methyl sites for hydroxylation is 2. The lowest BCUT2D eigenvalue weighted by Gasteiger charge is -2.15. The van der Waals surface area contributed by atoms with Crippen LogP contribution in [0.1, 0.15) is 28.5 Å². The van der Waals surface area contributed by atoms with Crippen molar-refractivity contribution in [3.63, 3.8) is 0 Å². The van der Waals surface area contributed by atoms with E-state index in [1.807, 2.05) is 25.1 Å². The number of aromatic nitrogens is 1. The fraction of sp³-hybridized carbons (Fsp3) is 0.308. The average Bonchev–Trinajstić information content (AvgIpc) is 2.62. The Labute approximate surface area is 125 Å². The van der Waals surface area contributed by atoms with E-state index in [2.05, 4.69) is 40.1 Å². The average molecular weight is 346 g/mol. The summed E-state index contributed by atoms with van der Waals surface area (Å²) < 4.78 is 0.964. The van der Waals surface area contributed by atoms with Crippen LogP contribution < -0.4 is 5.32 Å². The predicted octanol–water partition coefficient (Wildman–Crippen LogP) is 5.35. The number of thiazole rings is 1. The first-order valence-electron chi connectivity index (χ1n) is 5.63. The summed E-state index contributed by atoms with van der Waals surface area (Å²) in [5.74, 6) is 0. The first kappa shape index (κ1) is 13.8. The quantitative estimate of drug-likeness (QED) is 0.811. The van der Waals surface area contributed by atoms with Gasteiger partial charge in [0.05, 0.1) is 16.7 Å². The molecular formula is C13H14BrClN2S. The van der Waals surface area contributed by atoms with Gasteiger partial charge in [-0.3, -0.25) is 0 Å². The predicted molar refractivity (Wildman–Crippen MR) is 82.8 cm³/mol. The lowest BCUT2D eigenvalue weighted by molar-refractivity contribution is 0.836. The van der Waals surface area contributed by atoms with Crippen molar-refractivity contribution in [2.45, 2.75) is 26.8 Å². The molecule has 2 rings (SSSR count). The van der Waals surface area contributed by atoms with Gasteiger partial charge < -0.3 is 5.32 Å². The molecule has 0 bridgehead atoms. The van der Waals surface area contributed by atoms with E-state index in [0.717, 1.165) is 25.9 Å². The van der Waals surface area contributed by atoms with Gasteiger partial charge in [-0.15, -0.1) is 11.3 Å². The fourth-order valence-electron chi connectivity index (χ4n) is 1.85. The molecule has 1 N–H and O–H groups in total. The maximum atomic E-state index is 5.93.